The number of hydrogen-bond donors (Lipinski definition) is 0. The molecule has 1 amide bonds. The number of benzene rings is 1. The van der Waals surface area contributed by atoms with Crippen LogP contribution in [0.5, 0.6) is 0 Å². The van der Waals surface area contributed by atoms with E-state index in [9.17, 15) is 4.79 Å². The fourth-order valence-electron chi connectivity index (χ4n) is 4.12. The lowest BCUT2D eigenvalue weighted by Crippen LogP contribution is -2.48. The van der Waals surface area contributed by atoms with E-state index in [1.54, 1.807) is 0 Å². The van der Waals surface area contributed by atoms with Gasteiger partial charge in [-0.3, -0.25) is 9.78 Å². The first-order valence-corrected chi connectivity index (χ1v) is 8.98. The number of aryl methyl sites for hydroxylation is 1. The number of fused-ring (bicyclic) bond motifs is 2. The Morgan fingerprint density at radius 2 is 1.83 bits per heavy atom. The molecule has 1 aromatic heterocycles. The van der Waals surface area contributed by atoms with Gasteiger partial charge in [0.2, 0.25) is 0 Å². The van der Waals surface area contributed by atoms with Crippen LogP contribution in [0.1, 0.15) is 48.3 Å². The molecule has 1 saturated heterocycles. The third-order valence-corrected chi connectivity index (χ3v) is 5.09. The molecule has 0 bridgehead atoms. The molecule has 2 aromatic rings. The van der Waals surface area contributed by atoms with E-state index in [4.69, 9.17) is 9.72 Å². The van der Waals surface area contributed by atoms with Gasteiger partial charge < -0.3 is 9.64 Å². The van der Waals surface area contributed by atoms with Gasteiger partial charge in [0.15, 0.2) is 0 Å². The predicted molar refractivity (Wildman–Crippen MR) is 94.3 cm³/mol. The first-order valence-electron chi connectivity index (χ1n) is 8.98. The summed E-state index contributed by atoms with van der Waals surface area (Å²) in [6.07, 6.45) is 4.42. The van der Waals surface area contributed by atoms with Crippen molar-refractivity contribution in [3.8, 4) is 0 Å². The highest BCUT2D eigenvalue weighted by atomic mass is 16.5. The zero-order valence-corrected chi connectivity index (χ0v) is 14.4. The molecule has 4 heteroatoms. The Balaban J connectivity index is 1.84. The van der Waals surface area contributed by atoms with E-state index < -0.39 is 0 Å². The summed E-state index contributed by atoms with van der Waals surface area (Å²) < 4.78 is 5.80. The summed E-state index contributed by atoms with van der Waals surface area (Å²) in [7, 11) is 0. The van der Waals surface area contributed by atoms with Gasteiger partial charge in [-0.25, -0.2) is 0 Å². The van der Waals surface area contributed by atoms with Crippen molar-refractivity contribution in [3.63, 3.8) is 0 Å². The molecule has 126 valence electrons. The number of aromatic nitrogens is 1. The summed E-state index contributed by atoms with van der Waals surface area (Å²) in [5.74, 6) is 0.147. The number of amides is 1. The summed E-state index contributed by atoms with van der Waals surface area (Å²) in [6.45, 7) is 5.40. The average Bonchev–Trinajstić information content (AvgIpc) is 2.58. The van der Waals surface area contributed by atoms with E-state index in [1.807, 2.05) is 43.0 Å². The highest BCUT2D eigenvalue weighted by molar-refractivity contribution is 6.07. The number of ether oxygens (including phenoxy) is 1. The van der Waals surface area contributed by atoms with Crippen molar-refractivity contribution >= 4 is 16.8 Å². The monoisotopic (exact) mass is 324 g/mol. The zero-order chi connectivity index (χ0) is 16.7. The van der Waals surface area contributed by atoms with Gasteiger partial charge in [0.25, 0.3) is 5.91 Å². The van der Waals surface area contributed by atoms with Crippen LogP contribution in [0.15, 0.2) is 24.3 Å². The fraction of sp³-hybridized carbons (Fsp3) is 0.500. The summed E-state index contributed by atoms with van der Waals surface area (Å²) in [6, 6.07) is 8.06. The molecule has 2 aliphatic rings. The molecule has 4 rings (SSSR count). The summed E-state index contributed by atoms with van der Waals surface area (Å²) >= 11 is 0. The second kappa shape index (κ2) is 6.17. The lowest BCUT2D eigenvalue weighted by molar-refractivity contribution is -0.0586. The first-order chi connectivity index (χ1) is 11.6. The van der Waals surface area contributed by atoms with Crippen molar-refractivity contribution in [3.05, 3.63) is 41.1 Å². The SMILES string of the molecule is C[C@@H]1CN(C(=O)c2c3c(nc4ccccc24)CCCC3)C[C@H](C)O1. The van der Waals surface area contributed by atoms with Crippen molar-refractivity contribution in [2.75, 3.05) is 13.1 Å². The molecule has 1 aromatic carbocycles. The summed E-state index contributed by atoms with van der Waals surface area (Å²) in [4.78, 5) is 20.2. The topological polar surface area (TPSA) is 42.4 Å². The Bertz CT molecular complexity index is 777. The van der Waals surface area contributed by atoms with Crippen molar-refractivity contribution in [2.24, 2.45) is 0 Å². The van der Waals surface area contributed by atoms with Crippen LogP contribution in [0, 0.1) is 0 Å². The molecule has 0 N–H and O–H groups in total. The number of nitrogens with zero attached hydrogens (tertiary/aromatic N) is 2. The van der Waals surface area contributed by atoms with E-state index in [2.05, 4.69) is 0 Å². The van der Waals surface area contributed by atoms with Gasteiger partial charge in [-0.15, -0.1) is 0 Å². The van der Waals surface area contributed by atoms with E-state index in [0.29, 0.717) is 13.1 Å². The molecule has 0 saturated carbocycles. The minimum atomic E-state index is 0.0848. The van der Waals surface area contributed by atoms with E-state index in [0.717, 1.165) is 47.8 Å². The van der Waals surface area contributed by atoms with Gasteiger partial charge in [-0.2, -0.15) is 0 Å². The molecule has 2 heterocycles. The molecule has 4 nitrogen and oxygen atoms in total. The van der Waals surface area contributed by atoms with Crippen molar-refractivity contribution in [1.82, 2.24) is 9.88 Å². The second-order valence-corrected chi connectivity index (χ2v) is 7.10. The van der Waals surface area contributed by atoms with Gasteiger partial charge in [0, 0.05) is 24.2 Å². The fourth-order valence-corrected chi connectivity index (χ4v) is 4.12. The van der Waals surface area contributed by atoms with Crippen LogP contribution in [0.2, 0.25) is 0 Å². The van der Waals surface area contributed by atoms with Crippen LogP contribution in [0.3, 0.4) is 0 Å². The van der Waals surface area contributed by atoms with E-state index >= 15 is 0 Å². The molecule has 1 aliphatic heterocycles. The van der Waals surface area contributed by atoms with Crippen molar-refractivity contribution < 1.29 is 9.53 Å². The quantitative estimate of drug-likeness (QED) is 0.808. The Hall–Kier alpha value is -1.94. The van der Waals surface area contributed by atoms with Crippen molar-refractivity contribution in [1.29, 1.82) is 0 Å². The van der Waals surface area contributed by atoms with Crippen LogP contribution in [0.4, 0.5) is 0 Å². The summed E-state index contributed by atoms with van der Waals surface area (Å²) in [5.41, 5.74) is 4.13. The van der Waals surface area contributed by atoms with Gasteiger partial charge in [-0.05, 0) is 51.2 Å². The highest BCUT2D eigenvalue weighted by Crippen LogP contribution is 2.30. The number of carbonyl (C=O) groups is 1. The van der Waals surface area contributed by atoms with E-state index in [1.165, 1.54) is 5.56 Å². The number of rotatable bonds is 1. The average molecular weight is 324 g/mol. The maximum Gasteiger partial charge on any atom is 0.255 e. The van der Waals surface area contributed by atoms with Crippen LogP contribution >= 0.6 is 0 Å². The smallest absolute Gasteiger partial charge is 0.255 e. The van der Waals surface area contributed by atoms with Crippen LogP contribution in [-0.4, -0.2) is 41.1 Å². The molecular formula is C20H24N2O2. The third kappa shape index (κ3) is 2.69. The minimum absolute atomic E-state index is 0.0848. The molecular weight excluding hydrogens is 300 g/mol. The number of morpholine rings is 1. The maximum atomic E-state index is 13.4. The Morgan fingerprint density at radius 1 is 1.12 bits per heavy atom. The second-order valence-electron chi connectivity index (χ2n) is 7.10. The molecule has 1 fully saturated rings. The Labute approximate surface area is 142 Å². The molecule has 1 aliphatic carbocycles. The third-order valence-electron chi connectivity index (χ3n) is 5.09. The number of carbonyl (C=O) groups excluding carboxylic acids is 1. The van der Waals surface area contributed by atoms with Gasteiger partial charge >= 0.3 is 0 Å². The summed E-state index contributed by atoms with van der Waals surface area (Å²) in [5, 5.41) is 0.995. The number of pyridine rings is 1. The van der Waals surface area contributed by atoms with Crippen LogP contribution in [0.25, 0.3) is 10.9 Å². The largest absolute Gasteiger partial charge is 0.372 e. The zero-order valence-electron chi connectivity index (χ0n) is 14.4. The van der Waals surface area contributed by atoms with E-state index in [-0.39, 0.29) is 18.1 Å². The molecule has 0 radical (unpaired) electrons. The highest BCUT2D eigenvalue weighted by Gasteiger charge is 2.30. The minimum Gasteiger partial charge on any atom is -0.372 e. The Kier molecular flexibility index (Phi) is 4.01. The number of hydrogen-bond acceptors (Lipinski definition) is 3. The normalized spacial score (nSPS) is 24.0. The standard InChI is InChI=1S/C20H24N2O2/c1-13-11-22(12-14(2)24-13)20(23)19-15-7-3-5-9-17(15)21-18-10-6-4-8-16(18)19/h3,5,7,9,13-14H,4,6,8,10-12H2,1-2H3/t13-,14+. The molecule has 2 atom stereocenters. The molecule has 0 spiro atoms. The lowest BCUT2D eigenvalue weighted by atomic mass is 9.89. The van der Waals surface area contributed by atoms with Gasteiger partial charge in [0.1, 0.15) is 0 Å². The Morgan fingerprint density at radius 3 is 2.62 bits per heavy atom. The van der Waals surface area contributed by atoms with Crippen molar-refractivity contribution in [2.45, 2.75) is 51.7 Å². The van der Waals surface area contributed by atoms with Crippen LogP contribution < -0.4 is 0 Å². The van der Waals surface area contributed by atoms with Gasteiger partial charge in [0.05, 0.1) is 23.3 Å². The predicted octanol–water partition coefficient (Wildman–Crippen LogP) is 3.36. The molecule has 0 unspecified atom stereocenters. The van der Waals surface area contributed by atoms with Gasteiger partial charge in [-0.1, -0.05) is 18.2 Å². The van der Waals surface area contributed by atoms with Crippen LogP contribution in [-0.2, 0) is 17.6 Å². The maximum absolute atomic E-state index is 13.4. The lowest BCUT2D eigenvalue weighted by Gasteiger charge is -2.36. The molecule has 24 heavy (non-hydrogen) atoms. The number of para-hydroxylation sites is 1. The first kappa shape index (κ1) is 15.6.